The first-order valence-electron chi connectivity index (χ1n) is 5.76. The summed E-state index contributed by atoms with van der Waals surface area (Å²) in [5.74, 6) is -1.70. The van der Waals surface area contributed by atoms with Crippen LogP contribution in [0.3, 0.4) is 0 Å². The predicted molar refractivity (Wildman–Crippen MR) is 73.7 cm³/mol. The molecule has 0 aliphatic heterocycles. The van der Waals surface area contributed by atoms with Gasteiger partial charge in [-0.3, -0.25) is 4.72 Å². The Labute approximate surface area is 128 Å². The van der Waals surface area contributed by atoms with Gasteiger partial charge in [0.1, 0.15) is 4.90 Å². The van der Waals surface area contributed by atoms with Crippen molar-refractivity contribution in [2.24, 2.45) is 0 Å². The maximum Gasteiger partial charge on any atom is 0.419 e. The molecule has 0 heterocycles. The van der Waals surface area contributed by atoms with Gasteiger partial charge in [0.25, 0.3) is 10.0 Å². The van der Waals surface area contributed by atoms with Gasteiger partial charge in [-0.2, -0.15) is 13.2 Å². The van der Waals surface area contributed by atoms with Crippen LogP contribution in [0.1, 0.15) is 5.56 Å². The van der Waals surface area contributed by atoms with E-state index in [1.807, 2.05) is 0 Å². The molecule has 22 heavy (non-hydrogen) atoms. The highest BCUT2D eigenvalue weighted by Gasteiger charge is 2.35. The van der Waals surface area contributed by atoms with Gasteiger partial charge in [0.05, 0.1) is 16.3 Å². The molecule has 9 heteroatoms. The van der Waals surface area contributed by atoms with E-state index in [4.69, 9.17) is 11.6 Å². The first kappa shape index (κ1) is 16.6. The minimum Gasteiger partial charge on any atom is -0.277 e. The van der Waals surface area contributed by atoms with E-state index in [2.05, 4.69) is 0 Å². The molecule has 0 spiro atoms. The molecule has 0 bridgehead atoms. The monoisotopic (exact) mass is 353 g/mol. The summed E-state index contributed by atoms with van der Waals surface area (Å²) >= 11 is 5.73. The summed E-state index contributed by atoms with van der Waals surface area (Å²) in [6.45, 7) is 0. The Morgan fingerprint density at radius 1 is 1.00 bits per heavy atom. The molecule has 0 atom stereocenters. The molecule has 2 rings (SSSR count). The van der Waals surface area contributed by atoms with Gasteiger partial charge in [-0.25, -0.2) is 12.8 Å². The number of anilines is 1. The van der Waals surface area contributed by atoms with Crippen LogP contribution >= 0.6 is 11.6 Å². The van der Waals surface area contributed by atoms with Gasteiger partial charge in [0.2, 0.25) is 0 Å². The van der Waals surface area contributed by atoms with Gasteiger partial charge in [-0.05, 0) is 24.3 Å². The second-order valence-electron chi connectivity index (χ2n) is 4.20. The number of sulfonamides is 1. The summed E-state index contributed by atoms with van der Waals surface area (Å²) in [7, 11) is -4.32. The third-order valence-corrected chi connectivity index (χ3v) is 4.54. The largest absolute Gasteiger partial charge is 0.419 e. The van der Waals surface area contributed by atoms with Crippen molar-refractivity contribution in [1.82, 2.24) is 0 Å². The van der Waals surface area contributed by atoms with Gasteiger partial charge in [-0.1, -0.05) is 29.8 Å². The van der Waals surface area contributed by atoms with Crippen molar-refractivity contribution in [3.05, 3.63) is 58.9 Å². The minimum atomic E-state index is -4.93. The quantitative estimate of drug-likeness (QED) is 0.836. The zero-order valence-electron chi connectivity index (χ0n) is 10.7. The van der Waals surface area contributed by atoms with E-state index in [0.29, 0.717) is 6.07 Å². The van der Waals surface area contributed by atoms with Gasteiger partial charge >= 0.3 is 6.18 Å². The number of benzene rings is 2. The van der Waals surface area contributed by atoms with Gasteiger partial charge in [-0.15, -0.1) is 0 Å². The normalized spacial score (nSPS) is 12.2. The number of rotatable bonds is 3. The summed E-state index contributed by atoms with van der Waals surface area (Å²) in [5.41, 5.74) is -2.37. The predicted octanol–water partition coefficient (Wildman–Crippen LogP) is 4.30. The van der Waals surface area contributed by atoms with Crippen molar-refractivity contribution in [1.29, 1.82) is 0 Å². The Bertz CT molecular complexity index is 806. The first-order chi connectivity index (χ1) is 10.1. The van der Waals surface area contributed by atoms with E-state index >= 15 is 0 Å². The molecule has 0 saturated heterocycles. The van der Waals surface area contributed by atoms with Crippen LogP contribution in [0, 0.1) is 5.82 Å². The molecule has 118 valence electrons. The summed E-state index contributed by atoms with van der Waals surface area (Å²) in [6.07, 6.45) is -4.93. The molecule has 3 nitrogen and oxygen atoms in total. The maximum atomic E-state index is 13.8. The number of alkyl halides is 3. The molecular formula is C13H8ClF4NO2S. The molecule has 0 saturated carbocycles. The fraction of sp³-hybridized carbons (Fsp3) is 0.0769. The van der Waals surface area contributed by atoms with E-state index in [1.54, 1.807) is 4.72 Å². The lowest BCUT2D eigenvalue weighted by atomic mass is 10.2. The summed E-state index contributed by atoms with van der Waals surface area (Å²) in [6, 6.07) is 7.60. The zero-order chi connectivity index (χ0) is 16.5. The van der Waals surface area contributed by atoms with Crippen molar-refractivity contribution in [2.45, 2.75) is 11.1 Å². The summed E-state index contributed by atoms with van der Waals surface area (Å²) < 4.78 is 77.6. The molecule has 0 aliphatic carbocycles. The highest BCUT2D eigenvalue weighted by molar-refractivity contribution is 7.92. The van der Waals surface area contributed by atoms with Crippen molar-refractivity contribution < 1.29 is 26.0 Å². The van der Waals surface area contributed by atoms with E-state index in [1.165, 1.54) is 18.2 Å². The molecule has 2 aromatic rings. The zero-order valence-corrected chi connectivity index (χ0v) is 12.2. The Morgan fingerprint density at radius 3 is 2.23 bits per heavy atom. The Morgan fingerprint density at radius 2 is 1.64 bits per heavy atom. The minimum absolute atomic E-state index is 0.137. The number of nitrogens with one attached hydrogen (secondary N) is 1. The maximum absolute atomic E-state index is 13.8. The van der Waals surface area contributed by atoms with Crippen LogP contribution in [0.4, 0.5) is 23.2 Å². The van der Waals surface area contributed by atoms with Crippen LogP contribution in [0.25, 0.3) is 0 Å². The third-order valence-electron chi connectivity index (χ3n) is 2.67. The van der Waals surface area contributed by atoms with E-state index in [0.717, 1.165) is 18.2 Å². The van der Waals surface area contributed by atoms with E-state index in [9.17, 15) is 26.0 Å². The van der Waals surface area contributed by atoms with Crippen LogP contribution in [0.5, 0.6) is 0 Å². The Balaban J connectivity index is 2.46. The van der Waals surface area contributed by atoms with Crippen LogP contribution < -0.4 is 4.72 Å². The lowest BCUT2D eigenvalue weighted by Gasteiger charge is -2.13. The van der Waals surface area contributed by atoms with Crippen molar-refractivity contribution in [3.63, 3.8) is 0 Å². The highest BCUT2D eigenvalue weighted by Crippen LogP contribution is 2.34. The number of halogens is 5. The molecule has 0 amide bonds. The topological polar surface area (TPSA) is 46.2 Å². The first-order valence-corrected chi connectivity index (χ1v) is 7.62. The lowest BCUT2D eigenvalue weighted by molar-refractivity contribution is -0.139. The van der Waals surface area contributed by atoms with Gasteiger partial charge in [0.15, 0.2) is 5.82 Å². The average molecular weight is 354 g/mol. The molecular weight excluding hydrogens is 346 g/mol. The van der Waals surface area contributed by atoms with Crippen LogP contribution in [0.15, 0.2) is 47.4 Å². The van der Waals surface area contributed by atoms with Crippen LogP contribution in [-0.2, 0) is 16.2 Å². The molecule has 0 aromatic heterocycles. The van der Waals surface area contributed by atoms with Crippen LogP contribution in [0.2, 0.25) is 5.02 Å². The highest BCUT2D eigenvalue weighted by atomic mass is 35.5. The van der Waals surface area contributed by atoms with Crippen LogP contribution in [-0.4, -0.2) is 8.42 Å². The average Bonchev–Trinajstić information content (AvgIpc) is 2.40. The molecule has 0 aliphatic rings. The molecule has 0 radical (unpaired) electrons. The second kappa shape index (κ2) is 5.77. The second-order valence-corrected chi connectivity index (χ2v) is 6.26. The van der Waals surface area contributed by atoms with E-state index < -0.39 is 33.3 Å². The Hall–Kier alpha value is -1.80. The molecule has 2 aromatic carbocycles. The molecule has 0 fully saturated rings. The summed E-state index contributed by atoms with van der Waals surface area (Å²) in [4.78, 5) is -0.367. The summed E-state index contributed by atoms with van der Waals surface area (Å²) in [5, 5.41) is -0.137. The lowest BCUT2D eigenvalue weighted by Crippen LogP contribution is -2.16. The standard InChI is InChI=1S/C13H8ClF4NO2S/c14-9-5-1-2-7-11(9)22(20,21)19-10-6-3-4-8(12(10)15)13(16,17)18/h1-7,19H. The Kier molecular flexibility index (Phi) is 4.35. The molecule has 1 N–H and O–H groups in total. The van der Waals surface area contributed by atoms with Crippen molar-refractivity contribution in [3.8, 4) is 0 Å². The molecule has 0 unspecified atom stereocenters. The van der Waals surface area contributed by atoms with Crippen molar-refractivity contribution >= 4 is 27.3 Å². The SMILES string of the molecule is O=S(=O)(Nc1cccc(C(F)(F)F)c1F)c1ccccc1Cl. The van der Waals surface area contributed by atoms with Crippen molar-refractivity contribution in [2.75, 3.05) is 4.72 Å². The fourth-order valence-corrected chi connectivity index (χ4v) is 3.27. The number of hydrogen-bond donors (Lipinski definition) is 1. The third kappa shape index (κ3) is 3.33. The fourth-order valence-electron chi connectivity index (χ4n) is 1.69. The smallest absolute Gasteiger partial charge is 0.277 e. The van der Waals surface area contributed by atoms with Gasteiger partial charge < -0.3 is 0 Å². The van der Waals surface area contributed by atoms with Gasteiger partial charge in [0, 0.05) is 0 Å². The van der Waals surface area contributed by atoms with E-state index in [-0.39, 0.29) is 9.92 Å². The number of hydrogen-bond acceptors (Lipinski definition) is 2.